The highest BCUT2D eigenvalue weighted by Gasteiger charge is 2.27. The van der Waals surface area contributed by atoms with Crippen LogP contribution in [-0.2, 0) is 25.6 Å². The second kappa shape index (κ2) is 12.9. The fourth-order valence-corrected chi connectivity index (χ4v) is 2.78. The van der Waals surface area contributed by atoms with Gasteiger partial charge < -0.3 is 21.5 Å². The highest BCUT2D eigenvalue weighted by atomic mass is 32.1. The van der Waals surface area contributed by atoms with Crippen LogP contribution in [0.4, 0.5) is 0 Å². The number of amides is 2. The molecule has 0 fully saturated rings. The Kier molecular flexibility index (Phi) is 10.9. The molecular weight excluding hydrogens is 382 g/mol. The average molecular weight is 410 g/mol. The molecule has 1 aromatic carbocycles. The van der Waals surface area contributed by atoms with Gasteiger partial charge >= 0.3 is 5.97 Å². The van der Waals surface area contributed by atoms with Crippen molar-refractivity contribution in [1.29, 1.82) is 0 Å². The summed E-state index contributed by atoms with van der Waals surface area (Å²) in [5.74, 6) is -3.12. The summed E-state index contributed by atoms with van der Waals surface area (Å²) in [6.45, 7) is 0.433. The molecule has 154 valence electrons. The standard InChI is InChI=1S/C19H27N3O5S/c20-10-5-4-8-15(19(26)27)22-17(24)14(9-11-28)21-18(25)16(23)12-13-6-2-1-3-7-13/h1-3,6-7,14-15,28H,4-5,8-12,20H2,(H,21,25)(H,22,24)(H,26,27)/t14-,15-/m0/s1. The van der Waals surface area contributed by atoms with Crippen molar-refractivity contribution in [3.63, 3.8) is 0 Å². The summed E-state index contributed by atoms with van der Waals surface area (Å²) in [5.41, 5.74) is 6.08. The Hall–Kier alpha value is -2.39. The molecule has 1 rings (SSSR count). The lowest BCUT2D eigenvalue weighted by atomic mass is 10.1. The van der Waals surface area contributed by atoms with E-state index in [-0.39, 0.29) is 25.0 Å². The van der Waals surface area contributed by atoms with Gasteiger partial charge in [-0.25, -0.2) is 4.79 Å². The van der Waals surface area contributed by atoms with Gasteiger partial charge in [0.05, 0.1) is 0 Å². The van der Waals surface area contributed by atoms with Crippen LogP contribution >= 0.6 is 12.6 Å². The third-order valence-electron chi connectivity index (χ3n) is 4.06. The quantitative estimate of drug-likeness (QED) is 0.180. The number of ketones is 1. The first kappa shape index (κ1) is 23.6. The summed E-state index contributed by atoms with van der Waals surface area (Å²) >= 11 is 4.06. The molecule has 0 radical (unpaired) electrons. The van der Waals surface area contributed by atoms with Crippen molar-refractivity contribution in [2.45, 2.75) is 44.2 Å². The summed E-state index contributed by atoms with van der Waals surface area (Å²) in [7, 11) is 0. The smallest absolute Gasteiger partial charge is 0.326 e. The van der Waals surface area contributed by atoms with Crippen LogP contribution in [0.2, 0.25) is 0 Å². The molecule has 2 atom stereocenters. The Morgan fingerprint density at radius 1 is 1.00 bits per heavy atom. The SMILES string of the molecule is NCCCC[C@H](NC(=O)[C@H](CCS)NC(=O)C(=O)Cc1ccccc1)C(=O)O. The molecule has 5 N–H and O–H groups in total. The van der Waals surface area contributed by atoms with Gasteiger partial charge in [-0.2, -0.15) is 12.6 Å². The number of benzene rings is 1. The van der Waals surface area contributed by atoms with Gasteiger partial charge in [0.2, 0.25) is 11.7 Å². The number of carbonyl (C=O) groups is 4. The number of carboxylic acids is 1. The Bertz CT molecular complexity index is 669. The van der Waals surface area contributed by atoms with E-state index in [4.69, 9.17) is 5.73 Å². The minimum Gasteiger partial charge on any atom is -0.480 e. The summed E-state index contributed by atoms with van der Waals surface area (Å²) in [4.78, 5) is 48.1. The Morgan fingerprint density at radius 3 is 2.25 bits per heavy atom. The molecule has 9 heteroatoms. The van der Waals surface area contributed by atoms with Gasteiger partial charge in [0.1, 0.15) is 12.1 Å². The van der Waals surface area contributed by atoms with Crippen molar-refractivity contribution in [3.05, 3.63) is 35.9 Å². The van der Waals surface area contributed by atoms with Crippen molar-refractivity contribution in [2.24, 2.45) is 5.73 Å². The van der Waals surface area contributed by atoms with Gasteiger partial charge in [-0.05, 0) is 43.5 Å². The van der Waals surface area contributed by atoms with Crippen LogP contribution in [0.1, 0.15) is 31.2 Å². The molecule has 0 unspecified atom stereocenters. The van der Waals surface area contributed by atoms with Crippen LogP contribution in [0.15, 0.2) is 30.3 Å². The normalized spacial score (nSPS) is 12.6. The number of nitrogens with two attached hydrogens (primary N) is 1. The molecule has 0 aliphatic carbocycles. The lowest BCUT2D eigenvalue weighted by Gasteiger charge is -2.21. The van der Waals surface area contributed by atoms with Crippen LogP contribution < -0.4 is 16.4 Å². The average Bonchev–Trinajstić information content (AvgIpc) is 2.67. The first-order valence-electron chi connectivity index (χ1n) is 9.10. The van der Waals surface area contributed by atoms with E-state index in [2.05, 4.69) is 23.3 Å². The molecule has 0 aliphatic heterocycles. The maximum absolute atomic E-state index is 12.4. The van der Waals surface area contributed by atoms with Gasteiger partial charge in [-0.3, -0.25) is 14.4 Å². The molecule has 28 heavy (non-hydrogen) atoms. The number of aliphatic carboxylic acids is 1. The predicted molar refractivity (Wildman–Crippen MR) is 108 cm³/mol. The number of carboxylic acid groups (broad SMARTS) is 1. The molecule has 8 nitrogen and oxygen atoms in total. The van der Waals surface area contributed by atoms with E-state index in [1.165, 1.54) is 0 Å². The molecule has 2 amide bonds. The van der Waals surface area contributed by atoms with E-state index < -0.39 is 35.7 Å². The first-order valence-corrected chi connectivity index (χ1v) is 9.74. The van der Waals surface area contributed by atoms with E-state index in [0.717, 1.165) is 0 Å². The number of nitrogens with one attached hydrogen (secondary N) is 2. The predicted octanol–water partition coefficient (Wildman–Crippen LogP) is 0.301. The molecule has 0 bridgehead atoms. The zero-order chi connectivity index (χ0) is 20.9. The van der Waals surface area contributed by atoms with E-state index in [9.17, 15) is 24.3 Å². The second-order valence-electron chi connectivity index (χ2n) is 6.31. The highest BCUT2D eigenvalue weighted by Crippen LogP contribution is 2.04. The Labute approximate surface area is 169 Å². The number of hydrogen-bond donors (Lipinski definition) is 5. The molecule has 0 saturated heterocycles. The van der Waals surface area contributed by atoms with Gasteiger partial charge in [0.25, 0.3) is 5.91 Å². The summed E-state index contributed by atoms with van der Waals surface area (Å²) < 4.78 is 0. The summed E-state index contributed by atoms with van der Waals surface area (Å²) in [6.07, 6.45) is 1.50. The number of unbranched alkanes of at least 4 members (excludes halogenated alkanes) is 1. The molecule has 0 aromatic heterocycles. The monoisotopic (exact) mass is 409 g/mol. The number of thiol groups is 1. The summed E-state index contributed by atoms with van der Waals surface area (Å²) in [6, 6.07) is 6.64. The van der Waals surface area contributed by atoms with Crippen molar-refractivity contribution in [3.8, 4) is 0 Å². The van der Waals surface area contributed by atoms with Crippen molar-refractivity contribution < 1.29 is 24.3 Å². The van der Waals surface area contributed by atoms with Gasteiger partial charge in [0.15, 0.2) is 0 Å². The molecule has 1 aromatic rings. The second-order valence-corrected chi connectivity index (χ2v) is 6.75. The summed E-state index contributed by atoms with van der Waals surface area (Å²) in [5, 5.41) is 14.1. The third kappa shape index (κ3) is 8.53. The zero-order valence-electron chi connectivity index (χ0n) is 15.6. The van der Waals surface area contributed by atoms with Crippen molar-refractivity contribution >= 4 is 36.2 Å². The Morgan fingerprint density at radius 2 is 1.68 bits per heavy atom. The molecular formula is C19H27N3O5S. The third-order valence-corrected chi connectivity index (χ3v) is 4.32. The number of rotatable bonds is 13. The van der Waals surface area contributed by atoms with E-state index >= 15 is 0 Å². The molecule has 0 spiro atoms. The van der Waals surface area contributed by atoms with Crippen molar-refractivity contribution in [1.82, 2.24) is 10.6 Å². The number of carbonyl (C=O) groups excluding carboxylic acids is 3. The fraction of sp³-hybridized carbons (Fsp3) is 0.474. The van der Waals surface area contributed by atoms with Crippen molar-refractivity contribution in [2.75, 3.05) is 12.3 Å². The van der Waals surface area contributed by atoms with Crippen LogP contribution in [0, 0.1) is 0 Å². The van der Waals surface area contributed by atoms with Crippen LogP contribution in [-0.4, -0.2) is 53.1 Å². The van der Waals surface area contributed by atoms with Crippen LogP contribution in [0.25, 0.3) is 0 Å². The minimum atomic E-state index is -1.17. The van der Waals surface area contributed by atoms with E-state index in [0.29, 0.717) is 24.9 Å². The zero-order valence-corrected chi connectivity index (χ0v) is 16.5. The maximum atomic E-state index is 12.4. The molecule has 0 aliphatic rings. The van der Waals surface area contributed by atoms with E-state index in [1.54, 1.807) is 30.3 Å². The fourth-order valence-electron chi connectivity index (χ4n) is 2.52. The lowest BCUT2D eigenvalue weighted by Crippen LogP contribution is -2.53. The van der Waals surface area contributed by atoms with Gasteiger partial charge in [-0.15, -0.1) is 0 Å². The highest BCUT2D eigenvalue weighted by molar-refractivity contribution is 7.80. The molecule has 0 heterocycles. The van der Waals surface area contributed by atoms with Crippen LogP contribution in [0.5, 0.6) is 0 Å². The Balaban J connectivity index is 2.68. The largest absolute Gasteiger partial charge is 0.480 e. The van der Waals surface area contributed by atoms with Crippen LogP contribution in [0.3, 0.4) is 0 Å². The minimum absolute atomic E-state index is 0.0846. The maximum Gasteiger partial charge on any atom is 0.326 e. The first-order chi connectivity index (χ1) is 13.4. The van der Waals surface area contributed by atoms with Gasteiger partial charge in [0, 0.05) is 6.42 Å². The lowest BCUT2D eigenvalue weighted by molar-refractivity contribution is -0.143. The number of hydrogen-bond acceptors (Lipinski definition) is 6. The van der Waals surface area contributed by atoms with E-state index in [1.807, 2.05) is 0 Å². The van der Waals surface area contributed by atoms with Gasteiger partial charge in [-0.1, -0.05) is 30.3 Å². The number of Topliss-reactive ketones (excluding diaryl/α,β-unsaturated/α-hetero) is 1. The molecule has 0 saturated carbocycles. The topological polar surface area (TPSA) is 139 Å².